The first-order chi connectivity index (χ1) is 19.4. The third kappa shape index (κ3) is 5.23. The van der Waals surface area contributed by atoms with Gasteiger partial charge in [-0.25, -0.2) is 4.52 Å². The number of aliphatic hydroxyl groups excluding tert-OH is 1. The van der Waals surface area contributed by atoms with Gasteiger partial charge in [0, 0.05) is 55.2 Å². The minimum Gasteiger partial charge on any atom is -0.394 e. The monoisotopic (exact) mass is 561 g/mol. The molecule has 11 heteroatoms. The van der Waals surface area contributed by atoms with Crippen LogP contribution >= 0.6 is 11.6 Å². The fraction of sp³-hybridized carbons (Fsp3) is 0.345. The minimum atomic E-state index is -0.885. The van der Waals surface area contributed by atoms with Gasteiger partial charge in [0.1, 0.15) is 0 Å². The molecule has 2 aliphatic heterocycles. The molecule has 40 heavy (non-hydrogen) atoms. The molecule has 208 valence electrons. The van der Waals surface area contributed by atoms with Crippen molar-refractivity contribution in [3.8, 4) is 0 Å². The molecular formula is C29H32ClN7O3. The highest BCUT2D eigenvalue weighted by molar-refractivity contribution is 6.30. The van der Waals surface area contributed by atoms with Gasteiger partial charge in [-0.3, -0.25) is 4.79 Å². The van der Waals surface area contributed by atoms with E-state index in [4.69, 9.17) is 16.6 Å². The number of fused-ring (bicyclic) bond motifs is 1. The van der Waals surface area contributed by atoms with Crippen LogP contribution in [0.4, 0.5) is 17.3 Å². The van der Waals surface area contributed by atoms with Crippen LogP contribution in [0.3, 0.4) is 0 Å². The maximum absolute atomic E-state index is 13.0. The molecule has 0 spiro atoms. The van der Waals surface area contributed by atoms with Gasteiger partial charge in [-0.2, -0.15) is 4.98 Å². The van der Waals surface area contributed by atoms with E-state index < -0.39 is 5.60 Å². The van der Waals surface area contributed by atoms with Crippen LogP contribution < -0.4 is 15.5 Å². The van der Waals surface area contributed by atoms with E-state index in [0.29, 0.717) is 62.1 Å². The lowest BCUT2D eigenvalue weighted by molar-refractivity contribution is 0.0118. The molecular weight excluding hydrogens is 530 g/mol. The molecule has 2 fully saturated rings. The average molecular weight is 562 g/mol. The third-order valence-corrected chi connectivity index (χ3v) is 8.12. The van der Waals surface area contributed by atoms with Gasteiger partial charge in [0.25, 0.3) is 5.91 Å². The summed E-state index contributed by atoms with van der Waals surface area (Å²) in [7, 11) is 0. The SMILES string of the molecule is O=C(c1ccc(Nc2nc3c(N4CCC(O)(c5ccc(Cl)cc5)CC4)cccn3n2)cc1)N1CCNCC1CO. The number of rotatable bonds is 6. The second kappa shape index (κ2) is 11.1. The van der Waals surface area contributed by atoms with Crippen LogP contribution in [0.25, 0.3) is 5.65 Å². The van der Waals surface area contributed by atoms with E-state index in [1.165, 1.54) is 0 Å². The Hall–Kier alpha value is -3.70. The van der Waals surface area contributed by atoms with Crippen molar-refractivity contribution in [2.75, 3.05) is 49.5 Å². The van der Waals surface area contributed by atoms with Crippen LogP contribution in [0.1, 0.15) is 28.8 Å². The highest BCUT2D eigenvalue weighted by atomic mass is 35.5. The molecule has 4 aromatic rings. The molecule has 0 saturated carbocycles. The Kier molecular flexibility index (Phi) is 7.33. The topological polar surface area (TPSA) is 118 Å². The zero-order valence-electron chi connectivity index (χ0n) is 22.0. The molecule has 2 aliphatic rings. The van der Waals surface area contributed by atoms with Gasteiger partial charge in [0.05, 0.1) is 23.9 Å². The number of piperazine rings is 1. The Morgan fingerprint density at radius 2 is 1.82 bits per heavy atom. The molecule has 0 radical (unpaired) electrons. The number of amides is 1. The molecule has 10 nitrogen and oxygen atoms in total. The molecule has 2 saturated heterocycles. The fourth-order valence-corrected chi connectivity index (χ4v) is 5.67. The van der Waals surface area contributed by atoms with E-state index in [1.54, 1.807) is 21.5 Å². The summed E-state index contributed by atoms with van der Waals surface area (Å²) in [6, 6.07) is 18.4. The number of anilines is 3. The third-order valence-electron chi connectivity index (χ3n) is 7.86. The van der Waals surface area contributed by atoms with Gasteiger partial charge in [-0.05, 0) is 66.9 Å². The molecule has 2 aromatic heterocycles. The second-order valence-corrected chi connectivity index (χ2v) is 10.8. The highest BCUT2D eigenvalue weighted by Gasteiger charge is 2.34. The number of halogens is 1. The first-order valence-corrected chi connectivity index (χ1v) is 13.9. The predicted octanol–water partition coefficient (Wildman–Crippen LogP) is 3.02. The molecule has 2 aromatic carbocycles. The first kappa shape index (κ1) is 26.5. The van der Waals surface area contributed by atoms with Crippen molar-refractivity contribution in [1.82, 2.24) is 24.8 Å². The summed E-state index contributed by atoms with van der Waals surface area (Å²) < 4.78 is 1.75. The van der Waals surface area contributed by atoms with Crippen molar-refractivity contribution in [2.24, 2.45) is 0 Å². The molecule has 6 rings (SSSR count). The summed E-state index contributed by atoms with van der Waals surface area (Å²) >= 11 is 6.03. The summed E-state index contributed by atoms with van der Waals surface area (Å²) in [4.78, 5) is 21.7. The normalized spacial score (nSPS) is 19.1. The van der Waals surface area contributed by atoms with Crippen LogP contribution in [0, 0.1) is 0 Å². The van der Waals surface area contributed by atoms with Crippen molar-refractivity contribution in [3.63, 3.8) is 0 Å². The van der Waals surface area contributed by atoms with E-state index >= 15 is 0 Å². The zero-order valence-corrected chi connectivity index (χ0v) is 22.8. The lowest BCUT2D eigenvalue weighted by Crippen LogP contribution is -2.55. The summed E-state index contributed by atoms with van der Waals surface area (Å²) in [6.07, 6.45) is 3.04. The number of hydrogen-bond acceptors (Lipinski definition) is 8. The Labute approximate surface area is 237 Å². The molecule has 0 bridgehead atoms. The van der Waals surface area contributed by atoms with E-state index in [2.05, 4.69) is 20.6 Å². The second-order valence-electron chi connectivity index (χ2n) is 10.4. The number of pyridine rings is 1. The van der Waals surface area contributed by atoms with E-state index in [-0.39, 0.29) is 18.6 Å². The Bertz CT molecular complexity index is 1480. The fourth-order valence-electron chi connectivity index (χ4n) is 5.54. The lowest BCUT2D eigenvalue weighted by atomic mass is 9.84. The summed E-state index contributed by atoms with van der Waals surface area (Å²) in [6.45, 7) is 3.14. The molecule has 0 aliphatic carbocycles. The maximum atomic E-state index is 13.0. The largest absolute Gasteiger partial charge is 0.394 e. The number of carbonyl (C=O) groups is 1. The van der Waals surface area contributed by atoms with Crippen LogP contribution in [-0.4, -0.2) is 81.0 Å². The van der Waals surface area contributed by atoms with E-state index in [9.17, 15) is 15.0 Å². The Morgan fingerprint density at radius 3 is 2.55 bits per heavy atom. The number of piperidine rings is 1. The molecule has 1 amide bonds. The smallest absolute Gasteiger partial charge is 0.254 e. The van der Waals surface area contributed by atoms with Crippen LogP contribution in [0.15, 0.2) is 66.9 Å². The van der Waals surface area contributed by atoms with Gasteiger partial charge in [-0.1, -0.05) is 23.7 Å². The van der Waals surface area contributed by atoms with Crippen molar-refractivity contribution < 1.29 is 15.0 Å². The van der Waals surface area contributed by atoms with Gasteiger partial charge < -0.3 is 30.6 Å². The van der Waals surface area contributed by atoms with Gasteiger partial charge in [-0.15, -0.1) is 5.10 Å². The number of nitrogens with one attached hydrogen (secondary N) is 2. The quantitative estimate of drug-likeness (QED) is 0.284. The molecule has 4 heterocycles. The Balaban J connectivity index is 1.15. The van der Waals surface area contributed by atoms with Crippen molar-refractivity contribution >= 4 is 40.5 Å². The number of carbonyl (C=O) groups excluding carboxylic acids is 1. The molecule has 4 N–H and O–H groups in total. The zero-order chi connectivity index (χ0) is 27.7. The number of hydrogen-bond donors (Lipinski definition) is 4. The van der Waals surface area contributed by atoms with E-state index in [1.807, 2.05) is 54.7 Å². The Morgan fingerprint density at radius 1 is 1.07 bits per heavy atom. The van der Waals surface area contributed by atoms with Crippen molar-refractivity contribution in [1.29, 1.82) is 0 Å². The summed E-state index contributed by atoms with van der Waals surface area (Å²) in [5, 5.41) is 32.6. The first-order valence-electron chi connectivity index (χ1n) is 13.5. The van der Waals surface area contributed by atoms with Crippen LogP contribution in [-0.2, 0) is 5.60 Å². The van der Waals surface area contributed by atoms with Crippen molar-refractivity contribution in [3.05, 3.63) is 83.0 Å². The molecule has 1 unspecified atom stereocenters. The summed E-state index contributed by atoms with van der Waals surface area (Å²) in [5.74, 6) is 0.357. The predicted molar refractivity (Wildman–Crippen MR) is 154 cm³/mol. The number of nitrogens with zero attached hydrogens (tertiary/aromatic N) is 5. The van der Waals surface area contributed by atoms with Crippen molar-refractivity contribution in [2.45, 2.75) is 24.5 Å². The number of aromatic nitrogens is 3. The van der Waals surface area contributed by atoms with E-state index in [0.717, 1.165) is 22.6 Å². The average Bonchev–Trinajstić information content (AvgIpc) is 3.40. The minimum absolute atomic E-state index is 0.0689. The number of benzene rings is 2. The standard InChI is InChI=1S/C29H32ClN7O3/c30-22-7-5-21(6-8-22)29(40)11-15-35(16-12-29)25-2-1-14-37-26(25)33-28(34-37)32-23-9-3-20(4-10-23)27(39)36-17-13-31-18-24(36)19-38/h1-10,14,24,31,38,40H,11-13,15-19H2,(H,32,34). The van der Waals surface area contributed by atoms with Crippen LogP contribution in [0.5, 0.6) is 0 Å². The summed E-state index contributed by atoms with van der Waals surface area (Å²) in [5.41, 5.74) is 3.01. The van der Waals surface area contributed by atoms with Gasteiger partial charge >= 0.3 is 0 Å². The number of aliphatic hydroxyl groups is 2. The lowest BCUT2D eigenvalue weighted by Gasteiger charge is -2.39. The highest BCUT2D eigenvalue weighted by Crippen LogP contribution is 2.36. The van der Waals surface area contributed by atoms with Gasteiger partial charge in [0.15, 0.2) is 5.65 Å². The van der Waals surface area contributed by atoms with Crippen LogP contribution in [0.2, 0.25) is 5.02 Å². The van der Waals surface area contributed by atoms with Gasteiger partial charge in [0.2, 0.25) is 5.95 Å². The maximum Gasteiger partial charge on any atom is 0.254 e. The molecule has 1 atom stereocenters.